The Labute approximate surface area is 332 Å². The molecule has 3 nitrogen and oxygen atoms in total. The van der Waals surface area contributed by atoms with E-state index in [1.54, 1.807) is 12.1 Å². The van der Waals surface area contributed by atoms with Crippen molar-refractivity contribution >= 4 is 45.0 Å². The van der Waals surface area contributed by atoms with Crippen LogP contribution in [0.1, 0.15) is 5.56 Å². The maximum atomic E-state index is 15.3. The van der Waals surface area contributed by atoms with Crippen molar-refractivity contribution in [2.24, 2.45) is 0 Å². The van der Waals surface area contributed by atoms with Gasteiger partial charge in [-0.3, -0.25) is 0 Å². The van der Waals surface area contributed by atoms with Gasteiger partial charge in [0.1, 0.15) is 58.8 Å². The van der Waals surface area contributed by atoms with Crippen molar-refractivity contribution in [3.63, 3.8) is 0 Å². The van der Waals surface area contributed by atoms with Gasteiger partial charge in [-0.15, -0.1) is 16.4 Å². The minimum absolute atomic E-state index is 0.164. The van der Waals surface area contributed by atoms with Crippen molar-refractivity contribution in [2.75, 3.05) is 13.4 Å². The second kappa shape index (κ2) is 18.1. The fraction of sp³-hybridized carbons (Fsp3) is 0.0750. The van der Waals surface area contributed by atoms with Crippen molar-refractivity contribution in [3.8, 4) is 5.75 Å². The summed E-state index contributed by atoms with van der Waals surface area (Å²) in [6.07, 6.45) is -4.18. The Morgan fingerprint density at radius 1 is 0.467 bits per heavy atom. The van der Waals surface area contributed by atoms with Crippen LogP contribution in [0.2, 0.25) is 0 Å². The van der Waals surface area contributed by atoms with Gasteiger partial charge in [0.25, 0.3) is 0 Å². The maximum absolute atomic E-state index is 15.3. The highest BCUT2D eigenvalue weighted by atomic mass is 32.2. The first-order chi connectivity index (χ1) is 28.3. The van der Waals surface area contributed by atoms with Crippen LogP contribution in [0.15, 0.2) is 89.8 Å². The molecule has 0 radical (unpaired) electrons. The van der Waals surface area contributed by atoms with Gasteiger partial charge in [-0.2, -0.15) is 5.46 Å². The number of benzene rings is 6. The van der Waals surface area contributed by atoms with Crippen LogP contribution in [0.3, 0.4) is 0 Å². The summed E-state index contributed by atoms with van der Waals surface area (Å²) in [7, 11) is 1.46. The molecule has 0 bridgehead atoms. The van der Waals surface area contributed by atoms with E-state index in [9.17, 15) is 44.3 Å². The van der Waals surface area contributed by atoms with Crippen LogP contribution in [0.4, 0.5) is 70.7 Å². The van der Waals surface area contributed by atoms with Crippen molar-refractivity contribution in [3.05, 3.63) is 178 Å². The number of halogens is 15. The molecule has 0 aliphatic carbocycles. The molecule has 0 saturated heterocycles. The summed E-state index contributed by atoms with van der Waals surface area (Å²) in [6, 6.07) is 21.2. The first kappa shape index (κ1) is 45.0. The molecule has 20 heteroatoms. The Bertz CT molecular complexity index is 2330. The summed E-state index contributed by atoms with van der Waals surface area (Å²) < 4.78 is 229. The van der Waals surface area contributed by atoms with Crippen LogP contribution < -0.4 is 26.6 Å². The number of rotatable bonds is 8. The molecule has 0 aromatic heterocycles. The van der Waals surface area contributed by atoms with E-state index >= 15 is 26.3 Å². The second-order valence-corrected chi connectivity index (χ2v) is 14.6. The highest BCUT2D eigenvalue weighted by molar-refractivity contribution is 7.95. The van der Waals surface area contributed by atoms with E-state index < -0.39 is 121 Å². The van der Waals surface area contributed by atoms with Gasteiger partial charge in [0.15, 0.2) is 57.3 Å². The van der Waals surface area contributed by atoms with Gasteiger partial charge < -0.3 is 9.47 Å². The summed E-state index contributed by atoms with van der Waals surface area (Å²) in [5.74, 6) is -44.0. The van der Waals surface area contributed by atoms with Crippen LogP contribution in [0, 0.1) is 87.3 Å². The Morgan fingerprint density at radius 3 is 1.12 bits per heavy atom. The molecule has 1 atom stereocenters. The third kappa shape index (κ3) is 7.99. The highest BCUT2D eigenvalue weighted by Crippen LogP contribution is 2.28. The smallest absolute Gasteiger partial charge is 0.437 e. The maximum Gasteiger partial charge on any atom is 0.513 e. The van der Waals surface area contributed by atoms with Crippen LogP contribution in [0.5, 0.6) is 5.75 Å². The number of ether oxygens (including phenoxy) is 2. The number of methoxy groups -OCH3 is 1. The van der Waals surface area contributed by atoms with Crippen LogP contribution in [-0.4, -0.2) is 25.7 Å². The van der Waals surface area contributed by atoms with Crippen molar-refractivity contribution in [2.45, 2.75) is 10.6 Å². The molecule has 0 fully saturated rings. The predicted molar refractivity (Wildman–Crippen MR) is 191 cm³/mol. The van der Waals surface area contributed by atoms with E-state index in [0.717, 1.165) is 24.0 Å². The summed E-state index contributed by atoms with van der Waals surface area (Å²) >= 11 is 0. The van der Waals surface area contributed by atoms with Gasteiger partial charge in [0, 0.05) is 16.5 Å². The van der Waals surface area contributed by atoms with Crippen LogP contribution in [0.25, 0.3) is 0 Å². The lowest BCUT2D eigenvalue weighted by atomic mass is 9.12. The molecule has 0 heterocycles. The quantitative estimate of drug-likeness (QED) is 0.0292. The Kier molecular flexibility index (Phi) is 13.6. The lowest BCUT2D eigenvalue weighted by molar-refractivity contribution is 0.121. The van der Waals surface area contributed by atoms with Gasteiger partial charge in [0.2, 0.25) is 0 Å². The van der Waals surface area contributed by atoms with E-state index in [2.05, 4.69) is 35.3 Å². The molecule has 6 aromatic carbocycles. The molecule has 0 amide bonds. The molecule has 0 spiro atoms. The fourth-order valence-corrected chi connectivity index (χ4v) is 7.94. The zero-order valence-corrected chi connectivity index (χ0v) is 31.0. The summed E-state index contributed by atoms with van der Waals surface area (Å²) in [4.78, 5) is 12.3. The van der Waals surface area contributed by atoms with Gasteiger partial charge in [-0.1, -0.05) is 60.7 Å². The normalized spacial score (nSPS) is 11.8. The zero-order valence-electron chi connectivity index (χ0n) is 30.2. The average Bonchev–Trinajstić information content (AvgIpc) is 3.26. The predicted octanol–water partition coefficient (Wildman–Crippen LogP) is 8.79. The molecule has 0 aliphatic heterocycles. The van der Waals surface area contributed by atoms with Crippen molar-refractivity contribution in [1.29, 1.82) is 0 Å². The Hall–Kier alpha value is -6.05. The van der Waals surface area contributed by atoms with E-state index in [0.29, 0.717) is 17.9 Å². The summed E-state index contributed by atoms with van der Waals surface area (Å²) in [5, 5.41) is 0. The van der Waals surface area contributed by atoms with Crippen molar-refractivity contribution in [1.82, 2.24) is 0 Å². The molecular formula is C40H22BF15O3S. The average molecular weight is 878 g/mol. The van der Waals surface area contributed by atoms with Gasteiger partial charge in [-0.25, -0.2) is 70.7 Å². The SMILES string of the molecule is COC(=O)Oc1ccc(C[S+](C)c2ccccc2)cc1.Fc1c(F)c(F)c([B-](c2ccccc2)(c2c(F)c(F)c(F)c(F)c2F)c2c(F)c(F)c(F)c(F)c2F)c(F)c1F. The minimum atomic E-state index is -5.72. The minimum Gasteiger partial charge on any atom is -0.437 e. The first-order valence-electron chi connectivity index (χ1n) is 16.6. The van der Waals surface area contributed by atoms with E-state index in [4.69, 9.17) is 4.74 Å². The van der Waals surface area contributed by atoms with Crippen molar-refractivity contribution < 1.29 is 80.1 Å². The fourth-order valence-electron chi connectivity index (χ4n) is 6.46. The topological polar surface area (TPSA) is 35.5 Å². The molecule has 0 aliphatic rings. The summed E-state index contributed by atoms with van der Waals surface area (Å²) in [6.45, 7) is 0. The summed E-state index contributed by atoms with van der Waals surface area (Å²) in [5.41, 5.74) is -8.19. The number of carbonyl (C=O) groups is 1. The van der Waals surface area contributed by atoms with Gasteiger partial charge >= 0.3 is 6.16 Å². The Morgan fingerprint density at radius 2 is 0.783 bits per heavy atom. The zero-order chi connectivity index (χ0) is 44.4. The molecule has 6 aromatic rings. The third-order valence-corrected chi connectivity index (χ3v) is 11.0. The molecule has 1 unspecified atom stereocenters. The second-order valence-electron chi connectivity index (χ2n) is 12.5. The monoisotopic (exact) mass is 878 g/mol. The third-order valence-electron chi connectivity index (χ3n) is 9.15. The molecule has 0 N–H and O–H groups in total. The van der Waals surface area contributed by atoms with E-state index in [1.165, 1.54) is 17.6 Å². The Balaban J connectivity index is 0.000000285. The molecule has 60 heavy (non-hydrogen) atoms. The lowest BCUT2D eigenvalue weighted by Crippen LogP contribution is -2.79. The lowest BCUT2D eigenvalue weighted by Gasteiger charge is -2.44. The number of carbonyl (C=O) groups excluding carboxylic acids is 1. The van der Waals surface area contributed by atoms with Crippen LogP contribution >= 0.6 is 0 Å². The molecule has 314 valence electrons. The molecule has 0 saturated carbocycles. The number of hydrogen-bond donors (Lipinski definition) is 0. The first-order valence-corrected chi connectivity index (χ1v) is 18.4. The van der Waals surface area contributed by atoms with E-state index in [1.807, 2.05) is 18.2 Å². The van der Waals surface area contributed by atoms with Gasteiger partial charge in [0.05, 0.1) is 7.11 Å². The standard InChI is InChI=1S/C24H5BF15.C16H17O3S/c26-10-7(11(27)17(33)22(38)16(10)32)25(6-4-2-1-3-5-6,8-12(28)18(34)23(39)19(35)13(8)29)9-14(30)20(36)24(40)21(37)15(9)31;1-18-16(17)19-14-10-8-13(9-11-14)12-20(2)15-6-4-3-5-7-15/h1-5H;3-11H,12H2,1-2H3/q-1;+1. The molecule has 6 rings (SSSR count). The van der Waals surface area contributed by atoms with Gasteiger partial charge in [-0.05, 0) is 24.3 Å². The largest absolute Gasteiger partial charge is 0.513 e. The number of hydrogen-bond acceptors (Lipinski definition) is 3. The van der Waals surface area contributed by atoms with E-state index in [-0.39, 0.29) is 10.9 Å². The highest BCUT2D eigenvalue weighted by Gasteiger charge is 2.48. The molecular weight excluding hydrogens is 856 g/mol. The van der Waals surface area contributed by atoms with Crippen LogP contribution in [-0.2, 0) is 21.4 Å².